The molecule has 0 radical (unpaired) electrons. The summed E-state index contributed by atoms with van der Waals surface area (Å²) in [7, 11) is 1.69. The van der Waals surface area contributed by atoms with Crippen molar-refractivity contribution in [1.29, 1.82) is 0 Å². The molecule has 10 nitrogen and oxygen atoms in total. The van der Waals surface area contributed by atoms with E-state index in [4.69, 9.17) is 21.1 Å². The summed E-state index contributed by atoms with van der Waals surface area (Å²) in [6, 6.07) is 13.6. The minimum Gasteiger partial charge on any atom is -0.455 e. The van der Waals surface area contributed by atoms with E-state index in [1.54, 1.807) is 47.2 Å². The highest BCUT2D eigenvalue weighted by molar-refractivity contribution is 9.11. The summed E-state index contributed by atoms with van der Waals surface area (Å²) in [5.41, 5.74) is -0.280. The van der Waals surface area contributed by atoms with Crippen LogP contribution in [0.2, 0.25) is 5.02 Å². The number of likely N-dealkylation sites (tertiary alicyclic amines) is 1. The van der Waals surface area contributed by atoms with Gasteiger partial charge in [0.15, 0.2) is 0 Å². The van der Waals surface area contributed by atoms with Crippen LogP contribution >= 0.6 is 27.5 Å². The van der Waals surface area contributed by atoms with Gasteiger partial charge in [-0.25, -0.2) is 0 Å². The van der Waals surface area contributed by atoms with Crippen molar-refractivity contribution in [3.05, 3.63) is 87.9 Å². The Morgan fingerprint density at radius 3 is 2.36 bits per heavy atom. The van der Waals surface area contributed by atoms with Gasteiger partial charge in [0.1, 0.15) is 29.8 Å². The third-order valence-corrected chi connectivity index (χ3v) is 11.3. The second-order valence-electron chi connectivity index (χ2n) is 14.0. The van der Waals surface area contributed by atoms with E-state index in [1.807, 2.05) is 63.3 Å². The molecule has 6 rings (SSSR count). The van der Waals surface area contributed by atoms with Gasteiger partial charge in [0.05, 0.1) is 24.6 Å². The summed E-state index contributed by atoms with van der Waals surface area (Å²) in [6.45, 7) is 5.55. The zero-order valence-corrected chi connectivity index (χ0v) is 30.9. The highest BCUT2D eigenvalue weighted by atomic mass is 79.9. The van der Waals surface area contributed by atoms with Crippen molar-refractivity contribution in [2.75, 3.05) is 25.1 Å². The maximum Gasteiger partial charge on any atom is 0.313 e. The van der Waals surface area contributed by atoms with Crippen molar-refractivity contribution in [1.82, 2.24) is 9.80 Å². The fourth-order valence-electron chi connectivity index (χ4n) is 7.91. The van der Waals surface area contributed by atoms with Crippen molar-refractivity contribution < 1.29 is 33.8 Å². The summed E-state index contributed by atoms with van der Waals surface area (Å²) in [5, 5.41) is 11.2. The minimum absolute atomic E-state index is 0.0857. The Morgan fingerprint density at radius 1 is 1.00 bits per heavy atom. The average molecular weight is 769 g/mol. The van der Waals surface area contributed by atoms with Gasteiger partial charge >= 0.3 is 5.97 Å². The lowest BCUT2D eigenvalue weighted by molar-refractivity contribution is -0.164. The molecule has 2 saturated heterocycles. The number of ether oxygens (including phenoxy) is 2. The molecule has 0 aliphatic carbocycles. The van der Waals surface area contributed by atoms with Gasteiger partial charge in [0.25, 0.3) is 5.91 Å². The van der Waals surface area contributed by atoms with Crippen molar-refractivity contribution in [3.63, 3.8) is 0 Å². The molecule has 4 heterocycles. The molecule has 3 amide bonds. The first-order valence-corrected chi connectivity index (χ1v) is 18.3. The Morgan fingerprint density at radius 2 is 1.70 bits per heavy atom. The smallest absolute Gasteiger partial charge is 0.313 e. The standard InChI is InChI=1S/C38H43BrClN3O7/c1-22(2)19-27(21-44)43-34-36(47)42(26-16-14-25(40)15-17-26)18-10-6-9-13-29(45)41(4)23(3)32(24-11-7-5-8-12-24)49-37(48)30-31(35(43)46)38(34)20-28(39)33(30)50-38/h5-8,10-12,14-17,20,22-23,27,30-34,44H,9,13,18-19,21H2,1-4H3/b10-6-/t23-,27-,30+,31-,32+,33+,34+,38-/m1/s1. The Kier molecular flexibility index (Phi) is 10.6. The second kappa shape index (κ2) is 14.6. The molecule has 4 aliphatic heterocycles. The quantitative estimate of drug-likeness (QED) is 0.308. The number of rotatable bonds is 6. The first-order chi connectivity index (χ1) is 23.9. The van der Waals surface area contributed by atoms with Crippen LogP contribution in [0.15, 0.2) is 77.3 Å². The van der Waals surface area contributed by atoms with Gasteiger partial charge in [-0.2, -0.15) is 0 Å². The Labute approximate surface area is 306 Å². The molecule has 4 aliphatic rings. The molecule has 2 fully saturated rings. The predicted octanol–water partition coefficient (Wildman–Crippen LogP) is 5.43. The maximum absolute atomic E-state index is 15.1. The number of aliphatic hydroxyl groups is 1. The van der Waals surface area contributed by atoms with Gasteiger partial charge in [0.2, 0.25) is 11.8 Å². The third kappa shape index (κ3) is 6.42. The number of aliphatic hydroxyl groups excluding tert-OH is 1. The molecule has 266 valence electrons. The van der Waals surface area contributed by atoms with E-state index in [0.29, 0.717) is 33.6 Å². The van der Waals surface area contributed by atoms with Crippen LogP contribution < -0.4 is 4.90 Å². The number of nitrogens with zero attached hydrogens (tertiary/aromatic N) is 3. The number of hydrogen-bond donors (Lipinski definition) is 1. The van der Waals surface area contributed by atoms with Crippen molar-refractivity contribution >= 4 is 56.9 Å². The number of allylic oxidation sites excluding steroid dienone is 1. The highest BCUT2D eigenvalue weighted by Gasteiger charge is 2.75. The molecular formula is C38H43BrClN3O7. The van der Waals surface area contributed by atoms with Crippen LogP contribution in [0.3, 0.4) is 0 Å². The average Bonchev–Trinajstić information content (AvgIpc) is 3.70. The molecule has 8 atom stereocenters. The molecule has 1 N–H and O–H groups in total. The van der Waals surface area contributed by atoms with Crippen LogP contribution in [0.1, 0.15) is 51.7 Å². The van der Waals surface area contributed by atoms with Gasteiger partial charge in [0, 0.05) is 35.2 Å². The van der Waals surface area contributed by atoms with Gasteiger partial charge < -0.3 is 29.3 Å². The van der Waals surface area contributed by atoms with Crippen molar-refractivity contribution in [2.24, 2.45) is 17.8 Å². The van der Waals surface area contributed by atoms with Crippen LogP contribution in [-0.2, 0) is 28.7 Å². The molecule has 0 unspecified atom stereocenters. The van der Waals surface area contributed by atoms with E-state index in [1.165, 1.54) is 4.90 Å². The molecule has 2 aromatic carbocycles. The topological polar surface area (TPSA) is 117 Å². The normalized spacial score (nSPS) is 31.6. The lowest BCUT2D eigenvalue weighted by Gasteiger charge is -2.39. The summed E-state index contributed by atoms with van der Waals surface area (Å²) >= 11 is 9.84. The Bertz CT molecular complexity index is 1680. The van der Waals surface area contributed by atoms with Crippen LogP contribution in [0.5, 0.6) is 0 Å². The zero-order chi connectivity index (χ0) is 35.9. The first-order valence-electron chi connectivity index (χ1n) is 17.1. The van der Waals surface area contributed by atoms with E-state index in [2.05, 4.69) is 15.9 Å². The molecule has 1 spiro atoms. The Balaban J connectivity index is 1.51. The van der Waals surface area contributed by atoms with Crippen molar-refractivity contribution in [2.45, 2.75) is 76.0 Å². The zero-order valence-electron chi connectivity index (χ0n) is 28.6. The van der Waals surface area contributed by atoms with Crippen LogP contribution in [0, 0.1) is 17.8 Å². The second-order valence-corrected chi connectivity index (χ2v) is 15.3. The molecule has 0 saturated carbocycles. The number of benzene rings is 2. The summed E-state index contributed by atoms with van der Waals surface area (Å²) < 4.78 is 13.6. The van der Waals surface area contributed by atoms with Gasteiger partial charge in [-0.1, -0.05) is 83.9 Å². The number of halogens is 2. The van der Waals surface area contributed by atoms with Gasteiger partial charge in [-0.3, -0.25) is 19.2 Å². The number of fused-ring (bicyclic) bond motifs is 2. The van der Waals surface area contributed by atoms with E-state index < -0.39 is 65.6 Å². The fraction of sp³-hybridized carbons (Fsp3) is 0.474. The van der Waals surface area contributed by atoms with Crippen LogP contribution in [0.25, 0.3) is 0 Å². The van der Waals surface area contributed by atoms with Crippen LogP contribution in [0.4, 0.5) is 5.69 Å². The van der Waals surface area contributed by atoms with E-state index in [9.17, 15) is 19.5 Å². The van der Waals surface area contributed by atoms with E-state index in [-0.39, 0.29) is 31.4 Å². The molecule has 50 heavy (non-hydrogen) atoms. The predicted molar refractivity (Wildman–Crippen MR) is 192 cm³/mol. The fourth-order valence-corrected chi connectivity index (χ4v) is 8.78. The summed E-state index contributed by atoms with van der Waals surface area (Å²) in [4.78, 5) is 62.5. The number of carbonyl (C=O) groups is 4. The lowest BCUT2D eigenvalue weighted by atomic mass is 9.74. The number of anilines is 1. The van der Waals surface area contributed by atoms with Gasteiger partial charge in [-0.15, -0.1) is 0 Å². The number of hydrogen-bond acceptors (Lipinski definition) is 7. The largest absolute Gasteiger partial charge is 0.455 e. The molecule has 5 bridgehead atoms. The molecular weight excluding hydrogens is 726 g/mol. The number of likely N-dealkylation sites (N-methyl/N-ethyl adjacent to an activating group) is 1. The lowest BCUT2D eigenvalue weighted by Crippen LogP contribution is -2.59. The van der Waals surface area contributed by atoms with E-state index >= 15 is 4.79 Å². The number of esters is 1. The third-order valence-electron chi connectivity index (χ3n) is 10.4. The molecule has 2 aromatic rings. The van der Waals surface area contributed by atoms with Gasteiger partial charge in [-0.05, 0) is 61.6 Å². The highest BCUT2D eigenvalue weighted by Crippen LogP contribution is 2.59. The SMILES string of the molecule is CC(C)C[C@H](CO)N1C(=O)[C@H]2[C@@H]3C(=O)O[C@H](c4ccccc4)[C@@H](C)N(C)C(=O)CC/C=C\CN(c4ccc(Cl)cc4)C(=O)[C@H]1[C@@]21C=C(Br)[C@@H]3O1. The monoisotopic (exact) mass is 767 g/mol. The Hall–Kier alpha value is -3.51. The minimum atomic E-state index is -1.52. The first kappa shape index (κ1) is 36.3. The number of amides is 3. The maximum atomic E-state index is 15.1. The summed E-state index contributed by atoms with van der Waals surface area (Å²) in [5.74, 6) is -3.79. The van der Waals surface area contributed by atoms with E-state index in [0.717, 1.165) is 0 Å². The van der Waals surface area contributed by atoms with Crippen molar-refractivity contribution in [3.8, 4) is 0 Å². The number of cyclic esters (lactones) is 1. The molecule has 12 heteroatoms. The number of carbonyl (C=O) groups excluding carboxylic acids is 4. The summed E-state index contributed by atoms with van der Waals surface area (Å²) in [6.07, 6.45) is 4.77. The molecule has 0 aromatic heterocycles. The van der Waals surface area contributed by atoms with Crippen LogP contribution in [-0.4, -0.2) is 88.6 Å².